The van der Waals surface area contributed by atoms with E-state index in [1.54, 1.807) is 0 Å². The molecule has 1 aromatic rings. The third kappa shape index (κ3) is 4.06. The first-order valence-electron chi connectivity index (χ1n) is 7.54. The summed E-state index contributed by atoms with van der Waals surface area (Å²) in [5.41, 5.74) is 0.885. The number of anilines is 1. The zero-order valence-electron chi connectivity index (χ0n) is 13.0. The van der Waals surface area contributed by atoms with E-state index in [-0.39, 0.29) is 11.9 Å². The monoisotopic (exact) mass is 293 g/mol. The van der Waals surface area contributed by atoms with Crippen LogP contribution >= 0.6 is 0 Å². The molecular weight excluding hydrogens is 270 g/mol. The zero-order valence-corrected chi connectivity index (χ0v) is 13.0. The average molecular weight is 293 g/mol. The minimum atomic E-state index is -0.0858. The van der Waals surface area contributed by atoms with E-state index in [9.17, 15) is 4.79 Å². The molecule has 1 saturated heterocycles. The Morgan fingerprint density at radius 3 is 2.62 bits per heavy atom. The molecule has 0 N–H and O–H groups in total. The summed E-state index contributed by atoms with van der Waals surface area (Å²) in [6, 6.07) is 1.83. The Balaban J connectivity index is 2.00. The fourth-order valence-electron chi connectivity index (χ4n) is 2.46. The number of carbonyl (C=O) groups excluding carboxylic acids is 1. The van der Waals surface area contributed by atoms with Crippen LogP contribution in [-0.4, -0.2) is 42.2 Å². The molecule has 2 rings (SSSR count). The molecule has 21 heavy (non-hydrogen) atoms. The SMILES string of the molecule is CCOC(=O)C1CCN(c2nc(C)cc(OCC)n2)CC1. The number of piperidine rings is 1. The maximum atomic E-state index is 11.7. The molecule has 1 aliphatic heterocycles. The quantitative estimate of drug-likeness (QED) is 0.773. The molecule has 6 heteroatoms. The molecule has 0 radical (unpaired) electrons. The fraction of sp³-hybridized carbons (Fsp3) is 0.667. The van der Waals surface area contributed by atoms with Gasteiger partial charge >= 0.3 is 5.97 Å². The van der Waals surface area contributed by atoms with E-state index < -0.39 is 0 Å². The molecule has 0 atom stereocenters. The van der Waals surface area contributed by atoms with Gasteiger partial charge in [0, 0.05) is 24.8 Å². The summed E-state index contributed by atoms with van der Waals surface area (Å²) >= 11 is 0. The number of esters is 1. The number of rotatable bonds is 5. The summed E-state index contributed by atoms with van der Waals surface area (Å²) in [4.78, 5) is 22.7. The van der Waals surface area contributed by atoms with Crippen LogP contribution in [0.25, 0.3) is 0 Å². The molecule has 1 aliphatic rings. The molecule has 1 fully saturated rings. The van der Waals surface area contributed by atoms with Crippen molar-refractivity contribution in [1.29, 1.82) is 0 Å². The van der Waals surface area contributed by atoms with Crippen molar-refractivity contribution in [2.45, 2.75) is 33.6 Å². The Bertz CT molecular complexity index is 485. The number of hydrogen-bond donors (Lipinski definition) is 0. The minimum absolute atomic E-state index is 0.00243. The Kier molecular flexibility index (Phi) is 5.36. The Hall–Kier alpha value is -1.85. The third-order valence-electron chi connectivity index (χ3n) is 3.51. The highest BCUT2D eigenvalue weighted by Gasteiger charge is 2.27. The van der Waals surface area contributed by atoms with Gasteiger partial charge in [-0.25, -0.2) is 4.98 Å². The van der Waals surface area contributed by atoms with Gasteiger partial charge in [-0.3, -0.25) is 4.79 Å². The Labute approximate surface area is 125 Å². The molecule has 0 saturated carbocycles. The Morgan fingerprint density at radius 1 is 1.29 bits per heavy atom. The maximum absolute atomic E-state index is 11.7. The number of carbonyl (C=O) groups is 1. The van der Waals surface area contributed by atoms with Crippen molar-refractivity contribution in [3.63, 3.8) is 0 Å². The fourth-order valence-corrected chi connectivity index (χ4v) is 2.46. The normalized spacial score (nSPS) is 15.9. The molecule has 0 unspecified atom stereocenters. The van der Waals surface area contributed by atoms with Crippen LogP contribution in [0.3, 0.4) is 0 Å². The van der Waals surface area contributed by atoms with Crippen molar-refractivity contribution in [2.24, 2.45) is 5.92 Å². The highest BCUT2D eigenvalue weighted by atomic mass is 16.5. The van der Waals surface area contributed by atoms with Crippen molar-refractivity contribution >= 4 is 11.9 Å². The van der Waals surface area contributed by atoms with Crippen LogP contribution in [0.15, 0.2) is 6.07 Å². The first-order chi connectivity index (χ1) is 10.1. The molecule has 0 aliphatic carbocycles. The van der Waals surface area contributed by atoms with Crippen LogP contribution in [0.4, 0.5) is 5.95 Å². The molecule has 1 aromatic heterocycles. The molecule has 0 spiro atoms. The van der Waals surface area contributed by atoms with Crippen molar-refractivity contribution in [1.82, 2.24) is 9.97 Å². The lowest BCUT2D eigenvalue weighted by molar-refractivity contribution is -0.148. The number of aryl methyl sites for hydroxylation is 1. The van der Waals surface area contributed by atoms with Gasteiger partial charge < -0.3 is 14.4 Å². The summed E-state index contributed by atoms with van der Waals surface area (Å²) in [6.07, 6.45) is 1.56. The highest BCUT2D eigenvalue weighted by Crippen LogP contribution is 2.23. The predicted octanol–water partition coefficient (Wildman–Crippen LogP) is 1.96. The number of hydrogen-bond acceptors (Lipinski definition) is 6. The second-order valence-electron chi connectivity index (χ2n) is 5.09. The average Bonchev–Trinajstić information content (AvgIpc) is 2.47. The van der Waals surface area contributed by atoms with Gasteiger partial charge in [-0.1, -0.05) is 0 Å². The second kappa shape index (κ2) is 7.24. The van der Waals surface area contributed by atoms with Crippen LogP contribution in [0.5, 0.6) is 5.88 Å². The van der Waals surface area contributed by atoms with Gasteiger partial charge in [0.2, 0.25) is 11.8 Å². The van der Waals surface area contributed by atoms with E-state index in [0.29, 0.717) is 25.0 Å². The van der Waals surface area contributed by atoms with Crippen LogP contribution in [0, 0.1) is 12.8 Å². The van der Waals surface area contributed by atoms with E-state index in [4.69, 9.17) is 9.47 Å². The number of ether oxygens (including phenoxy) is 2. The second-order valence-corrected chi connectivity index (χ2v) is 5.09. The van der Waals surface area contributed by atoms with Gasteiger partial charge in [-0.2, -0.15) is 4.98 Å². The summed E-state index contributed by atoms with van der Waals surface area (Å²) in [5.74, 6) is 1.20. The molecule has 0 aromatic carbocycles. The van der Waals surface area contributed by atoms with Gasteiger partial charge in [-0.05, 0) is 33.6 Å². The van der Waals surface area contributed by atoms with Crippen molar-refractivity contribution < 1.29 is 14.3 Å². The smallest absolute Gasteiger partial charge is 0.309 e. The minimum Gasteiger partial charge on any atom is -0.478 e. The summed E-state index contributed by atoms with van der Waals surface area (Å²) < 4.78 is 10.5. The van der Waals surface area contributed by atoms with E-state index >= 15 is 0 Å². The van der Waals surface area contributed by atoms with Crippen LogP contribution < -0.4 is 9.64 Å². The van der Waals surface area contributed by atoms with Gasteiger partial charge in [0.25, 0.3) is 0 Å². The van der Waals surface area contributed by atoms with E-state index in [1.807, 2.05) is 26.8 Å². The summed E-state index contributed by atoms with van der Waals surface area (Å²) in [5, 5.41) is 0. The molecule has 116 valence electrons. The van der Waals surface area contributed by atoms with Gasteiger partial charge in [0.1, 0.15) is 0 Å². The largest absolute Gasteiger partial charge is 0.478 e. The first kappa shape index (κ1) is 15.5. The molecule has 0 amide bonds. The van der Waals surface area contributed by atoms with E-state index in [0.717, 1.165) is 31.6 Å². The van der Waals surface area contributed by atoms with Crippen molar-refractivity contribution in [3.8, 4) is 5.88 Å². The highest BCUT2D eigenvalue weighted by molar-refractivity contribution is 5.72. The van der Waals surface area contributed by atoms with Gasteiger partial charge in [-0.15, -0.1) is 0 Å². The van der Waals surface area contributed by atoms with Crippen LogP contribution in [-0.2, 0) is 9.53 Å². The predicted molar refractivity (Wildman–Crippen MR) is 79.5 cm³/mol. The van der Waals surface area contributed by atoms with Crippen LogP contribution in [0.1, 0.15) is 32.4 Å². The maximum Gasteiger partial charge on any atom is 0.309 e. The number of aromatic nitrogens is 2. The third-order valence-corrected chi connectivity index (χ3v) is 3.51. The van der Waals surface area contributed by atoms with E-state index in [1.165, 1.54) is 0 Å². The van der Waals surface area contributed by atoms with Gasteiger partial charge in [0.05, 0.1) is 19.1 Å². The van der Waals surface area contributed by atoms with Gasteiger partial charge in [0.15, 0.2) is 0 Å². The first-order valence-corrected chi connectivity index (χ1v) is 7.54. The molecule has 0 bridgehead atoms. The van der Waals surface area contributed by atoms with Crippen molar-refractivity contribution in [2.75, 3.05) is 31.2 Å². The topological polar surface area (TPSA) is 64.5 Å². The molecule has 2 heterocycles. The van der Waals surface area contributed by atoms with Crippen LogP contribution in [0.2, 0.25) is 0 Å². The number of nitrogens with zero attached hydrogens (tertiary/aromatic N) is 3. The Morgan fingerprint density at radius 2 is 2.00 bits per heavy atom. The lowest BCUT2D eigenvalue weighted by Gasteiger charge is -2.31. The summed E-state index contributed by atoms with van der Waals surface area (Å²) in [7, 11) is 0. The lowest BCUT2D eigenvalue weighted by atomic mass is 9.97. The van der Waals surface area contributed by atoms with E-state index in [2.05, 4.69) is 14.9 Å². The lowest BCUT2D eigenvalue weighted by Crippen LogP contribution is -2.38. The summed E-state index contributed by atoms with van der Waals surface area (Å²) in [6.45, 7) is 8.25. The molecule has 6 nitrogen and oxygen atoms in total. The van der Waals surface area contributed by atoms with Crippen molar-refractivity contribution in [3.05, 3.63) is 11.8 Å². The molecular formula is C15H23N3O3. The standard InChI is InChI=1S/C15H23N3O3/c1-4-20-13-10-11(3)16-15(17-13)18-8-6-12(7-9-18)14(19)21-5-2/h10,12H,4-9H2,1-3H3. The zero-order chi connectivity index (χ0) is 15.2.